The summed E-state index contributed by atoms with van der Waals surface area (Å²) in [4.78, 5) is 25.2. The van der Waals surface area contributed by atoms with Gasteiger partial charge in [0.25, 0.3) is 0 Å². The Hall–Kier alpha value is -1.12. The molecule has 5 heterocycles. The van der Waals surface area contributed by atoms with Crippen LogP contribution in [0, 0.1) is 5.92 Å². The van der Waals surface area contributed by atoms with Crippen molar-refractivity contribution < 1.29 is 17.3 Å². The highest BCUT2D eigenvalue weighted by Crippen LogP contribution is 2.38. The van der Waals surface area contributed by atoms with Gasteiger partial charge in [-0.1, -0.05) is 6.42 Å². The van der Waals surface area contributed by atoms with Crippen LogP contribution in [0.25, 0.3) is 0 Å². The third-order valence-corrected chi connectivity index (χ3v) is 10.4. The highest BCUT2D eigenvalue weighted by Gasteiger charge is 2.39. The zero-order valence-corrected chi connectivity index (χ0v) is 28.4. The molecule has 0 amide bonds. The number of carbonyl (C=O) groups is 1. The van der Waals surface area contributed by atoms with E-state index in [1.54, 1.807) is 30.1 Å². The number of unbranched alkanes of at least 4 members (excludes halogenated alkanes) is 1. The molecule has 3 aliphatic heterocycles. The fourth-order valence-corrected chi connectivity index (χ4v) is 7.60. The third kappa shape index (κ3) is 7.70. The molecule has 0 saturated carbocycles. The lowest BCUT2D eigenvalue weighted by Gasteiger charge is -2.30. The van der Waals surface area contributed by atoms with E-state index in [0.29, 0.717) is 11.6 Å². The van der Waals surface area contributed by atoms with Gasteiger partial charge in [0.15, 0.2) is 23.0 Å². The monoisotopic (exact) mass is 712 g/mol. The van der Waals surface area contributed by atoms with Crippen LogP contribution in [0.4, 0.5) is 5.82 Å². The van der Waals surface area contributed by atoms with E-state index in [4.69, 9.17) is 22.5 Å². The molecule has 224 valence electrons. The summed E-state index contributed by atoms with van der Waals surface area (Å²) in [5.74, 6) is 2.24. The lowest BCUT2D eigenvalue weighted by atomic mass is 9.96. The van der Waals surface area contributed by atoms with Gasteiger partial charge in [-0.15, -0.1) is 18.5 Å². The Morgan fingerprint density at radius 1 is 1.27 bits per heavy atom. The fraction of sp³-hybridized carbons (Fsp3) is 0.633. The second-order valence-corrected chi connectivity index (χ2v) is 13.5. The molecule has 11 heteroatoms. The summed E-state index contributed by atoms with van der Waals surface area (Å²) in [6.45, 7) is 3.45. The first-order chi connectivity index (χ1) is 20.0. The van der Waals surface area contributed by atoms with E-state index in [9.17, 15) is 4.79 Å². The minimum absolute atomic E-state index is 0.0675. The lowest BCUT2D eigenvalue weighted by Crippen LogP contribution is -2.35. The maximum Gasteiger partial charge on any atom is 0.337 e. The van der Waals surface area contributed by atoms with Crippen LogP contribution in [0.3, 0.4) is 0 Å². The Morgan fingerprint density at radius 2 is 2.15 bits per heavy atom. The second-order valence-electron chi connectivity index (χ2n) is 11.5. The molecule has 6 atom stereocenters. The van der Waals surface area contributed by atoms with Crippen LogP contribution >= 0.6 is 41.5 Å². The fourth-order valence-electron chi connectivity index (χ4n) is 6.56. The number of fused-ring (bicyclic) bond motifs is 1. The van der Waals surface area contributed by atoms with Crippen LogP contribution in [0.1, 0.15) is 86.0 Å². The Kier molecular flexibility index (Phi) is 11.5. The molecule has 2 fully saturated rings. The molecule has 0 radical (unpaired) electrons. The Morgan fingerprint density at radius 3 is 2.93 bits per heavy atom. The smallest absolute Gasteiger partial charge is 0.337 e. The maximum absolute atomic E-state index is 13.2. The van der Waals surface area contributed by atoms with E-state index in [1.807, 2.05) is 6.20 Å². The molecule has 2 aromatic heterocycles. The van der Waals surface area contributed by atoms with E-state index in [1.165, 1.54) is 5.56 Å². The summed E-state index contributed by atoms with van der Waals surface area (Å²) < 4.78 is 17.1. The van der Waals surface area contributed by atoms with Gasteiger partial charge in [-0.3, -0.25) is 9.88 Å². The molecule has 0 aliphatic carbocycles. The van der Waals surface area contributed by atoms with Gasteiger partial charge in [-0.05, 0) is 87.3 Å². The van der Waals surface area contributed by atoms with Crippen molar-refractivity contribution in [3.8, 4) is 5.75 Å². The van der Waals surface area contributed by atoms with Crippen LogP contribution in [-0.2, 0) is 25.4 Å². The molecule has 5 rings (SSSR count). The summed E-state index contributed by atoms with van der Waals surface area (Å²) in [5.41, 5.74) is 4.62. The second kappa shape index (κ2) is 15.1. The minimum Gasteiger partial charge on any atom is -0.496 e. The number of likely N-dealkylation sites (tertiary alicyclic amines) is 1. The molecule has 1 N–H and O–H groups in total. The first-order valence-electron chi connectivity index (χ1n) is 15.0. The molecule has 3 aliphatic rings. The van der Waals surface area contributed by atoms with Crippen molar-refractivity contribution in [1.82, 2.24) is 14.9 Å². The largest absolute Gasteiger partial charge is 0.496 e. The zero-order chi connectivity index (χ0) is 28.8. The first kappa shape index (κ1) is 31.3. The summed E-state index contributed by atoms with van der Waals surface area (Å²) in [6.07, 6.45) is 12.4. The van der Waals surface area contributed by atoms with Crippen LogP contribution in [0.2, 0.25) is 0 Å². The molecule has 0 aromatic carbocycles. The number of hydrogen-bond acceptors (Lipinski definition) is 8. The van der Waals surface area contributed by atoms with E-state index >= 15 is 0 Å². The number of nitrogens with zero attached hydrogens (tertiary/aromatic N) is 3. The average molecular weight is 713 g/mol. The van der Waals surface area contributed by atoms with E-state index in [-0.39, 0.29) is 12.1 Å². The van der Waals surface area contributed by atoms with Crippen LogP contribution in [0.15, 0.2) is 18.3 Å². The SMILES string of the molecule is COc1cc(CCCCC(P)[C@@H]2CCN(C(C(=O)OI)c3cc(P)cnc3C3CCCCO3)C2)nc2c1CCCN2. The Balaban J connectivity index is 1.19. The summed E-state index contributed by atoms with van der Waals surface area (Å²) in [5, 5.41) is 4.41. The molecule has 2 aromatic rings. The molecule has 41 heavy (non-hydrogen) atoms. The van der Waals surface area contributed by atoms with Gasteiger partial charge in [-0.2, -0.15) is 0 Å². The number of pyridine rings is 2. The lowest BCUT2D eigenvalue weighted by molar-refractivity contribution is -0.137. The van der Waals surface area contributed by atoms with Crippen molar-refractivity contribution >= 4 is 58.6 Å². The number of aryl methyl sites for hydroxylation is 1. The number of ether oxygens (including phenoxy) is 2. The first-order valence-corrected chi connectivity index (χ1v) is 17.1. The molecule has 5 unspecified atom stereocenters. The average Bonchev–Trinajstić information content (AvgIpc) is 3.49. The number of anilines is 1. The van der Waals surface area contributed by atoms with Gasteiger partial charge in [0.2, 0.25) is 0 Å². The van der Waals surface area contributed by atoms with Crippen molar-refractivity contribution in [3.63, 3.8) is 0 Å². The topological polar surface area (TPSA) is 85.8 Å². The highest BCUT2D eigenvalue weighted by molar-refractivity contribution is 14.1. The molecular weight excluding hydrogens is 669 g/mol. The predicted octanol–water partition coefficient (Wildman–Crippen LogP) is 5.50. The zero-order valence-electron chi connectivity index (χ0n) is 23.9. The number of methoxy groups -OCH3 is 1. The van der Waals surface area contributed by atoms with Crippen LogP contribution < -0.4 is 15.4 Å². The van der Waals surface area contributed by atoms with Crippen LogP contribution in [-0.4, -0.2) is 59.8 Å². The van der Waals surface area contributed by atoms with Gasteiger partial charge in [0.1, 0.15) is 17.6 Å². The molecular formula is C30H43IN4O4P2. The van der Waals surface area contributed by atoms with E-state index < -0.39 is 6.04 Å². The van der Waals surface area contributed by atoms with Gasteiger partial charge >= 0.3 is 5.97 Å². The molecule has 2 saturated heterocycles. The number of carbonyl (C=O) groups excluding carboxylic acids is 1. The van der Waals surface area contributed by atoms with Crippen molar-refractivity contribution in [2.24, 2.45) is 5.92 Å². The summed E-state index contributed by atoms with van der Waals surface area (Å²) >= 11 is 1.72. The summed E-state index contributed by atoms with van der Waals surface area (Å²) in [7, 11) is 7.58. The number of nitrogens with one attached hydrogen (secondary N) is 1. The standard InChI is InChI=1S/C30H43IN4O4P2/c1-37-25-15-20(34-29-22(25)8-6-12-32-29)7-2-3-10-26(41)19-11-13-35(18-19)28(30(36)39-31)23-16-21(40)17-33-27(23)24-9-4-5-14-38-24/h15-17,19,24,26,28H,2-14,18,40-41H2,1H3,(H,32,34)/t19-,24?,26?,28?/m1/s1. The number of hydrogen-bond donors (Lipinski definition) is 1. The van der Waals surface area contributed by atoms with E-state index in [0.717, 1.165) is 124 Å². The van der Waals surface area contributed by atoms with E-state index in [2.05, 4.69) is 40.8 Å². The molecule has 0 bridgehead atoms. The van der Waals surface area contributed by atoms with Gasteiger partial charge < -0.3 is 17.9 Å². The normalized spacial score (nSPS) is 22.4. The van der Waals surface area contributed by atoms with Crippen LogP contribution in [0.5, 0.6) is 5.75 Å². The van der Waals surface area contributed by atoms with Gasteiger partial charge in [0.05, 0.1) is 18.9 Å². The number of halogens is 1. The number of aromatic nitrogens is 2. The molecule has 0 spiro atoms. The molecule has 8 nitrogen and oxygen atoms in total. The summed E-state index contributed by atoms with van der Waals surface area (Å²) in [6, 6.07) is 3.73. The van der Waals surface area contributed by atoms with Crippen molar-refractivity contribution in [3.05, 3.63) is 40.8 Å². The quantitative estimate of drug-likeness (QED) is 0.186. The highest BCUT2D eigenvalue weighted by atomic mass is 127. The third-order valence-electron chi connectivity index (χ3n) is 8.75. The minimum atomic E-state index is -0.471. The Bertz CT molecular complexity index is 1180. The van der Waals surface area contributed by atoms with Crippen molar-refractivity contribution in [1.29, 1.82) is 0 Å². The van der Waals surface area contributed by atoms with Crippen molar-refractivity contribution in [2.75, 3.05) is 38.7 Å². The predicted molar refractivity (Wildman–Crippen MR) is 177 cm³/mol. The van der Waals surface area contributed by atoms with Crippen molar-refractivity contribution in [2.45, 2.75) is 82.0 Å². The Labute approximate surface area is 262 Å². The van der Waals surface area contributed by atoms with Gasteiger partial charge in [0, 0.05) is 48.8 Å². The number of rotatable bonds is 11. The maximum atomic E-state index is 13.2. The van der Waals surface area contributed by atoms with Gasteiger partial charge in [-0.25, -0.2) is 9.78 Å².